The van der Waals surface area contributed by atoms with Crippen molar-refractivity contribution in [1.82, 2.24) is 15.2 Å². The minimum atomic E-state index is -0.312. The molecule has 2 aromatic carbocycles. The highest BCUT2D eigenvalue weighted by molar-refractivity contribution is 6.05. The lowest BCUT2D eigenvalue weighted by Crippen LogP contribution is -2.55. The van der Waals surface area contributed by atoms with E-state index in [4.69, 9.17) is 4.42 Å². The van der Waals surface area contributed by atoms with Gasteiger partial charge in [0.25, 0.3) is 5.91 Å². The van der Waals surface area contributed by atoms with Crippen molar-refractivity contribution in [3.63, 3.8) is 0 Å². The van der Waals surface area contributed by atoms with Gasteiger partial charge in [0.15, 0.2) is 5.58 Å². The number of aromatic nitrogens is 1. The van der Waals surface area contributed by atoms with Crippen LogP contribution >= 0.6 is 0 Å². The number of carbonyl (C=O) groups is 1. The third-order valence-corrected chi connectivity index (χ3v) is 6.43. The molecule has 6 heteroatoms. The molecule has 0 aliphatic carbocycles. The second-order valence-electron chi connectivity index (χ2n) is 8.22. The van der Waals surface area contributed by atoms with Crippen molar-refractivity contribution in [2.45, 2.75) is 50.2 Å². The zero-order chi connectivity index (χ0) is 20.0. The Morgan fingerprint density at radius 3 is 2.59 bits per heavy atom. The smallest absolute Gasteiger partial charge is 0.253 e. The van der Waals surface area contributed by atoms with Gasteiger partial charge in [-0.05, 0) is 69.1 Å². The van der Waals surface area contributed by atoms with Crippen molar-refractivity contribution in [1.29, 1.82) is 0 Å². The summed E-state index contributed by atoms with van der Waals surface area (Å²) in [5.74, 6) is -0.0379. The number of benzene rings is 2. The maximum absolute atomic E-state index is 13.2. The summed E-state index contributed by atoms with van der Waals surface area (Å²) in [5, 5.41) is 3.24. The van der Waals surface area contributed by atoms with Gasteiger partial charge in [0.2, 0.25) is 5.89 Å². The summed E-state index contributed by atoms with van der Waals surface area (Å²) in [5.41, 5.74) is 2.29. The molecular weight excluding hydrogens is 369 g/mol. The Balaban J connectivity index is 1.39. The van der Waals surface area contributed by atoms with Crippen LogP contribution in [0.4, 0.5) is 4.39 Å². The van der Waals surface area contributed by atoms with Crippen LogP contribution < -0.4 is 5.32 Å². The number of nitrogens with zero attached hydrogens (tertiary/aromatic N) is 2. The van der Waals surface area contributed by atoms with Gasteiger partial charge >= 0.3 is 0 Å². The third kappa shape index (κ3) is 3.42. The monoisotopic (exact) mass is 393 g/mol. The number of nitrogens with one attached hydrogen (secondary N) is 1. The molecule has 5 nitrogen and oxygen atoms in total. The summed E-state index contributed by atoms with van der Waals surface area (Å²) in [7, 11) is 2.21. The summed E-state index contributed by atoms with van der Waals surface area (Å²) in [6, 6.07) is 12.7. The number of oxazole rings is 1. The Morgan fingerprint density at radius 2 is 1.86 bits per heavy atom. The van der Waals surface area contributed by atoms with Crippen molar-refractivity contribution in [2.75, 3.05) is 7.05 Å². The van der Waals surface area contributed by atoms with E-state index in [0.29, 0.717) is 40.2 Å². The average molecular weight is 393 g/mol. The fourth-order valence-electron chi connectivity index (χ4n) is 4.84. The third-order valence-electron chi connectivity index (χ3n) is 6.43. The lowest BCUT2D eigenvalue weighted by Gasteiger charge is -2.47. The minimum Gasteiger partial charge on any atom is -0.436 e. The molecular formula is C23H24FN3O2. The van der Waals surface area contributed by atoms with Crippen LogP contribution in [0.25, 0.3) is 22.6 Å². The van der Waals surface area contributed by atoms with Crippen molar-refractivity contribution >= 4 is 17.0 Å². The molecule has 5 rings (SSSR count). The van der Waals surface area contributed by atoms with Crippen molar-refractivity contribution in [3.05, 3.63) is 53.8 Å². The SMILES string of the molecule is CN1[C@@H]2CCC[C@H]1CC(NC(=O)c1cccc3oc(-c4ccc(F)cc4)nc13)C2. The van der Waals surface area contributed by atoms with E-state index in [0.717, 1.165) is 12.8 Å². The highest BCUT2D eigenvalue weighted by Gasteiger charge is 2.36. The van der Waals surface area contributed by atoms with Gasteiger partial charge in [0.1, 0.15) is 11.3 Å². The molecule has 3 atom stereocenters. The number of carbonyl (C=O) groups excluding carboxylic acids is 1. The van der Waals surface area contributed by atoms with Crippen molar-refractivity contribution < 1.29 is 13.6 Å². The molecule has 1 N–H and O–H groups in total. The lowest BCUT2D eigenvalue weighted by molar-refractivity contribution is 0.0463. The summed E-state index contributed by atoms with van der Waals surface area (Å²) in [4.78, 5) is 20.1. The highest BCUT2D eigenvalue weighted by atomic mass is 19.1. The maximum Gasteiger partial charge on any atom is 0.253 e. The van der Waals surface area contributed by atoms with Gasteiger partial charge in [0, 0.05) is 23.7 Å². The van der Waals surface area contributed by atoms with Gasteiger partial charge in [-0.25, -0.2) is 9.37 Å². The van der Waals surface area contributed by atoms with E-state index in [2.05, 4.69) is 22.2 Å². The number of fused-ring (bicyclic) bond motifs is 3. The van der Waals surface area contributed by atoms with Crippen LogP contribution in [0, 0.1) is 5.82 Å². The molecule has 1 aromatic heterocycles. The number of para-hydroxylation sites is 1. The zero-order valence-corrected chi connectivity index (χ0v) is 16.4. The van der Waals surface area contributed by atoms with Gasteiger partial charge in [-0.15, -0.1) is 0 Å². The Labute approximate surface area is 168 Å². The molecule has 0 radical (unpaired) electrons. The predicted molar refractivity (Wildman–Crippen MR) is 109 cm³/mol. The molecule has 150 valence electrons. The summed E-state index contributed by atoms with van der Waals surface area (Å²) in [6.45, 7) is 0. The summed E-state index contributed by atoms with van der Waals surface area (Å²) >= 11 is 0. The molecule has 2 saturated heterocycles. The van der Waals surface area contributed by atoms with Crippen molar-refractivity contribution in [2.24, 2.45) is 0 Å². The summed E-state index contributed by atoms with van der Waals surface area (Å²) in [6.07, 6.45) is 5.69. The van der Waals surface area contributed by atoms with Gasteiger partial charge in [0.05, 0.1) is 5.56 Å². The largest absolute Gasteiger partial charge is 0.436 e. The Bertz CT molecular complexity index is 1030. The van der Waals surface area contributed by atoms with Crippen LogP contribution in [0.1, 0.15) is 42.5 Å². The molecule has 29 heavy (non-hydrogen) atoms. The number of amides is 1. The summed E-state index contributed by atoms with van der Waals surface area (Å²) < 4.78 is 19.0. The number of rotatable bonds is 3. The van der Waals surface area contributed by atoms with E-state index in [1.807, 2.05) is 0 Å². The predicted octanol–water partition coefficient (Wildman–Crippen LogP) is 4.38. The first-order valence-corrected chi connectivity index (χ1v) is 10.3. The fraction of sp³-hybridized carbons (Fsp3) is 0.391. The topological polar surface area (TPSA) is 58.4 Å². The Morgan fingerprint density at radius 1 is 1.14 bits per heavy atom. The number of piperidine rings is 2. The number of halogens is 1. The number of hydrogen-bond acceptors (Lipinski definition) is 4. The second-order valence-corrected chi connectivity index (χ2v) is 8.22. The van der Waals surface area contributed by atoms with E-state index in [9.17, 15) is 9.18 Å². The Hall–Kier alpha value is -2.73. The standard InChI is InChI=1S/C23H24FN3O2/c1-27-17-4-2-5-18(27)13-16(12-17)25-22(28)19-6-3-7-20-21(19)26-23(29-20)14-8-10-15(24)11-9-14/h3,6-11,16-18H,2,4-5,12-13H2,1H3,(H,25,28)/t16?,17-,18+. The van der Waals surface area contributed by atoms with E-state index in [-0.39, 0.29) is 17.8 Å². The van der Waals surface area contributed by atoms with Crippen LogP contribution in [0.15, 0.2) is 46.9 Å². The molecule has 3 heterocycles. The first-order chi connectivity index (χ1) is 14.1. The van der Waals surface area contributed by atoms with Crippen LogP contribution in [-0.2, 0) is 0 Å². The van der Waals surface area contributed by atoms with E-state index in [1.54, 1.807) is 30.3 Å². The minimum absolute atomic E-state index is 0.109. The molecule has 2 aliphatic heterocycles. The number of hydrogen-bond donors (Lipinski definition) is 1. The van der Waals surface area contributed by atoms with Crippen molar-refractivity contribution in [3.8, 4) is 11.5 Å². The molecule has 2 aliphatic rings. The van der Waals surface area contributed by atoms with Gasteiger partial charge in [-0.1, -0.05) is 12.5 Å². The molecule has 2 fully saturated rings. The van der Waals surface area contributed by atoms with E-state index < -0.39 is 0 Å². The average Bonchev–Trinajstić information content (AvgIpc) is 3.13. The van der Waals surface area contributed by atoms with E-state index >= 15 is 0 Å². The highest BCUT2D eigenvalue weighted by Crippen LogP contribution is 2.33. The first-order valence-electron chi connectivity index (χ1n) is 10.3. The molecule has 2 bridgehead atoms. The lowest BCUT2D eigenvalue weighted by atomic mass is 9.82. The Kier molecular flexibility index (Phi) is 4.59. The van der Waals surface area contributed by atoms with Gasteiger partial charge in [-0.3, -0.25) is 4.79 Å². The molecule has 1 amide bonds. The van der Waals surface area contributed by atoms with Crippen LogP contribution in [0.2, 0.25) is 0 Å². The molecule has 0 spiro atoms. The maximum atomic E-state index is 13.2. The van der Waals surface area contributed by atoms with Crippen LogP contribution in [0.3, 0.4) is 0 Å². The molecule has 3 aromatic rings. The van der Waals surface area contributed by atoms with Gasteiger partial charge < -0.3 is 14.6 Å². The van der Waals surface area contributed by atoms with Crippen LogP contribution in [-0.4, -0.2) is 41.0 Å². The normalized spacial score (nSPS) is 24.6. The second kappa shape index (κ2) is 7.26. The quantitative estimate of drug-likeness (QED) is 0.718. The molecule has 0 saturated carbocycles. The fourth-order valence-corrected chi connectivity index (χ4v) is 4.84. The van der Waals surface area contributed by atoms with Gasteiger partial charge in [-0.2, -0.15) is 0 Å². The first kappa shape index (κ1) is 18.3. The molecule has 1 unspecified atom stereocenters. The zero-order valence-electron chi connectivity index (χ0n) is 16.4. The van der Waals surface area contributed by atoms with E-state index in [1.165, 1.54) is 31.4 Å². The van der Waals surface area contributed by atoms with Crippen LogP contribution in [0.5, 0.6) is 0 Å².